The average molecular weight is 430 g/mol. The number of aryl methyl sites for hydroxylation is 1. The Morgan fingerprint density at radius 1 is 1.06 bits per heavy atom. The first kappa shape index (κ1) is 21.4. The number of carbonyl (C=O) groups excluding carboxylic acids is 2. The molecule has 0 saturated carbocycles. The molecule has 0 spiro atoms. The van der Waals surface area contributed by atoms with Crippen LogP contribution in [0.25, 0.3) is 0 Å². The van der Waals surface area contributed by atoms with Gasteiger partial charge in [0.25, 0.3) is 0 Å². The molecule has 4 nitrogen and oxygen atoms in total. The number of benzene rings is 2. The number of halogens is 3. The first-order valence-electron chi connectivity index (χ1n) is 10.6. The van der Waals surface area contributed by atoms with Crippen LogP contribution in [0.5, 0.6) is 0 Å². The number of carbonyl (C=O) groups is 2. The van der Waals surface area contributed by atoms with Crippen molar-refractivity contribution < 1.29 is 22.8 Å². The summed E-state index contributed by atoms with van der Waals surface area (Å²) < 4.78 is 38.9. The summed E-state index contributed by atoms with van der Waals surface area (Å²) in [5, 5.41) is 3.02. The predicted octanol–water partition coefficient (Wildman–Crippen LogP) is 4.65. The van der Waals surface area contributed by atoms with Crippen LogP contribution in [0.2, 0.25) is 0 Å². The van der Waals surface area contributed by atoms with Gasteiger partial charge in [0.05, 0.1) is 23.7 Å². The van der Waals surface area contributed by atoms with Crippen molar-refractivity contribution in [2.45, 2.75) is 62.8 Å². The lowest BCUT2D eigenvalue weighted by Crippen LogP contribution is -2.45. The molecule has 2 heterocycles. The molecule has 4 rings (SSSR count). The standard InChI is InChI=1S/C24H25F3N2O2/c25-24(26,27)18-12-10-17(11-13-18)21-15-19-20(7-4-8-22(30)28-19)29(21)23(31)14-9-16-5-2-1-3-6-16/h1-3,5-6,10-13,19-21H,4,7-9,14-15H2,(H,28,30)/t19-,20+,21+/m0/s1. The van der Waals surface area contributed by atoms with Gasteiger partial charge in [0.2, 0.25) is 11.8 Å². The summed E-state index contributed by atoms with van der Waals surface area (Å²) >= 11 is 0. The molecule has 2 amide bonds. The van der Waals surface area contributed by atoms with E-state index >= 15 is 0 Å². The van der Waals surface area contributed by atoms with Crippen molar-refractivity contribution in [2.75, 3.05) is 0 Å². The zero-order valence-corrected chi connectivity index (χ0v) is 17.1. The Morgan fingerprint density at radius 2 is 1.77 bits per heavy atom. The summed E-state index contributed by atoms with van der Waals surface area (Å²) in [6.45, 7) is 0. The largest absolute Gasteiger partial charge is 0.416 e. The van der Waals surface area contributed by atoms with Gasteiger partial charge >= 0.3 is 6.18 Å². The first-order valence-corrected chi connectivity index (χ1v) is 10.6. The van der Waals surface area contributed by atoms with Gasteiger partial charge in [-0.25, -0.2) is 0 Å². The second-order valence-electron chi connectivity index (χ2n) is 8.29. The maximum Gasteiger partial charge on any atom is 0.416 e. The highest BCUT2D eigenvalue weighted by molar-refractivity contribution is 5.80. The first-order chi connectivity index (χ1) is 14.8. The number of alkyl halides is 3. The quantitative estimate of drug-likeness (QED) is 0.768. The third-order valence-electron chi connectivity index (χ3n) is 6.27. The highest BCUT2D eigenvalue weighted by Gasteiger charge is 2.45. The highest BCUT2D eigenvalue weighted by atomic mass is 19.4. The van der Waals surface area contributed by atoms with Gasteiger partial charge in [0.15, 0.2) is 0 Å². The minimum atomic E-state index is -4.40. The van der Waals surface area contributed by atoms with Gasteiger partial charge < -0.3 is 10.2 Å². The second kappa shape index (κ2) is 8.73. The molecule has 2 aromatic rings. The molecule has 31 heavy (non-hydrogen) atoms. The minimum Gasteiger partial charge on any atom is -0.351 e. The van der Waals surface area contributed by atoms with Crippen molar-refractivity contribution in [2.24, 2.45) is 0 Å². The van der Waals surface area contributed by atoms with Crippen LogP contribution in [0.15, 0.2) is 54.6 Å². The van der Waals surface area contributed by atoms with E-state index in [-0.39, 0.29) is 29.9 Å². The van der Waals surface area contributed by atoms with Gasteiger partial charge in [-0.2, -0.15) is 13.2 Å². The molecule has 0 radical (unpaired) electrons. The molecule has 7 heteroatoms. The molecule has 2 aliphatic heterocycles. The Kier molecular flexibility index (Phi) is 6.03. The molecule has 0 aromatic heterocycles. The Balaban J connectivity index is 1.58. The molecule has 164 valence electrons. The summed E-state index contributed by atoms with van der Waals surface area (Å²) in [5.74, 6) is -0.0605. The second-order valence-corrected chi connectivity index (χ2v) is 8.29. The molecule has 0 bridgehead atoms. The van der Waals surface area contributed by atoms with Crippen molar-refractivity contribution in [3.8, 4) is 0 Å². The molecule has 2 fully saturated rings. The van der Waals surface area contributed by atoms with E-state index in [9.17, 15) is 22.8 Å². The van der Waals surface area contributed by atoms with E-state index in [2.05, 4.69) is 5.32 Å². The summed E-state index contributed by atoms with van der Waals surface area (Å²) in [4.78, 5) is 27.2. The summed E-state index contributed by atoms with van der Waals surface area (Å²) in [7, 11) is 0. The molecule has 2 saturated heterocycles. The Morgan fingerprint density at radius 3 is 2.45 bits per heavy atom. The van der Waals surface area contributed by atoms with Crippen LogP contribution in [0.1, 0.15) is 54.8 Å². The Hall–Kier alpha value is -2.83. The fourth-order valence-corrected chi connectivity index (χ4v) is 4.76. The lowest BCUT2D eigenvalue weighted by Gasteiger charge is -2.31. The van der Waals surface area contributed by atoms with E-state index in [1.54, 1.807) is 0 Å². The number of nitrogens with one attached hydrogen (secondary N) is 1. The number of hydrogen-bond acceptors (Lipinski definition) is 2. The number of amides is 2. The van der Waals surface area contributed by atoms with E-state index < -0.39 is 11.7 Å². The third-order valence-corrected chi connectivity index (χ3v) is 6.27. The molecule has 0 unspecified atom stereocenters. The molecule has 1 N–H and O–H groups in total. The average Bonchev–Trinajstić information content (AvgIpc) is 3.00. The molecule has 3 atom stereocenters. The molecule has 2 aliphatic rings. The van der Waals surface area contributed by atoms with Crippen molar-refractivity contribution in [3.63, 3.8) is 0 Å². The van der Waals surface area contributed by atoms with Crippen LogP contribution in [0.3, 0.4) is 0 Å². The highest BCUT2D eigenvalue weighted by Crippen LogP contribution is 2.41. The normalized spacial score (nSPS) is 23.8. The van der Waals surface area contributed by atoms with Crippen LogP contribution >= 0.6 is 0 Å². The minimum absolute atomic E-state index is 0.0302. The molecule has 0 aliphatic carbocycles. The fourth-order valence-electron chi connectivity index (χ4n) is 4.76. The lowest BCUT2D eigenvalue weighted by molar-refractivity contribution is -0.138. The van der Waals surface area contributed by atoms with Crippen molar-refractivity contribution >= 4 is 11.8 Å². The number of nitrogens with zero attached hydrogens (tertiary/aromatic N) is 1. The van der Waals surface area contributed by atoms with E-state index in [1.807, 2.05) is 35.2 Å². The fraction of sp³-hybridized carbons (Fsp3) is 0.417. The van der Waals surface area contributed by atoms with Crippen LogP contribution in [-0.2, 0) is 22.2 Å². The SMILES string of the molecule is O=C1CCC[C@@H]2[C@H](C[C@H](c3ccc(C(F)(F)F)cc3)N2C(=O)CCc2ccccc2)N1. The van der Waals surface area contributed by atoms with E-state index in [0.29, 0.717) is 44.1 Å². The van der Waals surface area contributed by atoms with E-state index in [1.165, 1.54) is 12.1 Å². The molecular weight excluding hydrogens is 405 g/mol. The predicted molar refractivity (Wildman–Crippen MR) is 110 cm³/mol. The van der Waals surface area contributed by atoms with Gasteiger partial charge in [-0.3, -0.25) is 9.59 Å². The number of fused-ring (bicyclic) bond motifs is 1. The number of hydrogen-bond donors (Lipinski definition) is 1. The maximum atomic E-state index is 13.3. The summed E-state index contributed by atoms with van der Waals surface area (Å²) in [6, 6.07) is 14.1. The van der Waals surface area contributed by atoms with Crippen LogP contribution in [-0.4, -0.2) is 28.8 Å². The van der Waals surface area contributed by atoms with Gasteiger partial charge in [-0.1, -0.05) is 42.5 Å². The topological polar surface area (TPSA) is 49.4 Å². The van der Waals surface area contributed by atoms with Crippen LogP contribution in [0.4, 0.5) is 13.2 Å². The van der Waals surface area contributed by atoms with Gasteiger partial charge in [0.1, 0.15) is 0 Å². The van der Waals surface area contributed by atoms with Crippen molar-refractivity contribution in [1.82, 2.24) is 10.2 Å². The zero-order valence-electron chi connectivity index (χ0n) is 17.1. The zero-order chi connectivity index (χ0) is 22.0. The van der Waals surface area contributed by atoms with Crippen molar-refractivity contribution in [1.29, 1.82) is 0 Å². The van der Waals surface area contributed by atoms with E-state index in [4.69, 9.17) is 0 Å². The van der Waals surface area contributed by atoms with Gasteiger partial charge in [-0.05, 0) is 48.9 Å². The number of rotatable bonds is 4. The lowest BCUT2D eigenvalue weighted by atomic mass is 10.0. The van der Waals surface area contributed by atoms with Gasteiger partial charge in [-0.15, -0.1) is 0 Å². The molecule has 2 aromatic carbocycles. The molecular formula is C24H25F3N2O2. The summed E-state index contributed by atoms with van der Waals surface area (Å²) in [6.07, 6.45) is -1.15. The third kappa shape index (κ3) is 4.75. The van der Waals surface area contributed by atoms with E-state index in [0.717, 1.165) is 17.7 Å². The Labute approximate surface area is 179 Å². The summed E-state index contributed by atoms with van der Waals surface area (Å²) in [5.41, 5.74) is 1.02. The number of likely N-dealkylation sites (tertiary alicyclic amines) is 1. The maximum absolute atomic E-state index is 13.3. The van der Waals surface area contributed by atoms with Gasteiger partial charge in [0, 0.05) is 12.8 Å². The van der Waals surface area contributed by atoms with Crippen molar-refractivity contribution in [3.05, 3.63) is 71.3 Å². The Bertz CT molecular complexity index is 928. The van der Waals surface area contributed by atoms with Crippen LogP contribution in [0, 0.1) is 0 Å². The smallest absolute Gasteiger partial charge is 0.351 e. The van der Waals surface area contributed by atoms with Crippen LogP contribution < -0.4 is 5.32 Å². The monoisotopic (exact) mass is 430 g/mol.